The Bertz CT molecular complexity index is 887. The van der Waals surface area contributed by atoms with Gasteiger partial charge < -0.3 is 5.32 Å². The lowest BCUT2D eigenvalue weighted by Gasteiger charge is -2.19. The molecule has 0 unspecified atom stereocenters. The van der Waals surface area contributed by atoms with Gasteiger partial charge in [-0.2, -0.15) is 5.10 Å². The highest BCUT2D eigenvalue weighted by molar-refractivity contribution is 7.09. The first kappa shape index (κ1) is 18.3. The molecule has 0 spiro atoms. The molecule has 0 saturated heterocycles. The van der Waals surface area contributed by atoms with E-state index in [1.807, 2.05) is 18.4 Å². The predicted molar refractivity (Wildman–Crippen MR) is 106 cm³/mol. The molecule has 3 aromatic rings. The third-order valence-corrected chi connectivity index (χ3v) is 4.97. The van der Waals surface area contributed by atoms with Crippen molar-refractivity contribution in [2.24, 2.45) is 0 Å². The van der Waals surface area contributed by atoms with E-state index in [9.17, 15) is 4.79 Å². The van der Waals surface area contributed by atoms with Crippen LogP contribution in [0.15, 0.2) is 41.9 Å². The van der Waals surface area contributed by atoms with Crippen molar-refractivity contribution in [2.75, 3.05) is 5.32 Å². The van der Waals surface area contributed by atoms with E-state index in [1.54, 1.807) is 22.2 Å². The van der Waals surface area contributed by atoms with Gasteiger partial charge in [0.2, 0.25) is 5.91 Å². The van der Waals surface area contributed by atoms with Crippen molar-refractivity contribution in [1.29, 1.82) is 0 Å². The maximum Gasteiger partial charge on any atom is 0.231 e. The van der Waals surface area contributed by atoms with E-state index in [0.29, 0.717) is 12.4 Å². The Morgan fingerprint density at radius 3 is 2.54 bits per heavy atom. The van der Waals surface area contributed by atoms with Crippen LogP contribution in [0.4, 0.5) is 5.82 Å². The fraction of sp³-hybridized carbons (Fsp3) is 0.350. The molecular weight excluding hydrogens is 344 g/mol. The van der Waals surface area contributed by atoms with Gasteiger partial charge in [0.05, 0.1) is 29.9 Å². The molecule has 0 aliphatic carbocycles. The minimum atomic E-state index is -0.0832. The van der Waals surface area contributed by atoms with Crippen molar-refractivity contribution < 1.29 is 4.79 Å². The molecule has 2 aromatic heterocycles. The molecule has 1 amide bonds. The zero-order valence-corrected chi connectivity index (χ0v) is 16.4. The monoisotopic (exact) mass is 368 g/mol. The molecule has 5 nitrogen and oxygen atoms in total. The van der Waals surface area contributed by atoms with E-state index < -0.39 is 0 Å². The summed E-state index contributed by atoms with van der Waals surface area (Å²) in [5.41, 5.74) is 3.38. The molecule has 0 atom stereocenters. The van der Waals surface area contributed by atoms with E-state index >= 15 is 0 Å². The fourth-order valence-corrected chi connectivity index (χ4v) is 3.30. The number of nitrogens with zero attached hydrogens (tertiary/aromatic N) is 3. The summed E-state index contributed by atoms with van der Waals surface area (Å²) in [4.78, 5) is 16.6. The van der Waals surface area contributed by atoms with Crippen LogP contribution in [0.3, 0.4) is 0 Å². The van der Waals surface area contributed by atoms with Crippen molar-refractivity contribution in [1.82, 2.24) is 14.8 Å². The van der Waals surface area contributed by atoms with Crippen LogP contribution in [0.5, 0.6) is 0 Å². The zero-order chi connectivity index (χ0) is 18.7. The molecule has 26 heavy (non-hydrogen) atoms. The number of rotatable bonds is 5. The summed E-state index contributed by atoms with van der Waals surface area (Å²) < 4.78 is 1.80. The minimum absolute atomic E-state index is 0.0832. The summed E-state index contributed by atoms with van der Waals surface area (Å²) in [5, 5.41) is 10.2. The fourth-order valence-electron chi connectivity index (χ4n) is 2.69. The summed E-state index contributed by atoms with van der Waals surface area (Å²) in [5.74, 6) is 0.613. The summed E-state index contributed by atoms with van der Waals surface area (Å²) in [6.07, 6.45) is 1.97. The van der Waals surface area contributed by atoms with E-state index in [4.69, 9.17) is 0 Å². The molecular formula is C20H24N4OS. The van der Waals surface area contributed by atoms with Gasteiger partial charge in [-0.3, -0.25) is 4.79 Å². The Labute approximate surface area is 158 Å². The van der Waals surface area contributed by atoms with Gasteiger partial charge in [-0.05, 0) is 23.5 Å². The predicted octanol–water partition coefficient (Wildman–Crippen LogP) is 4.18. The minimum Gasteiger partial charge on any atom is -0.311 e. The average molecular weight is 369 g/mol. The first-order valence-electron chi connectivity index (χ1n) is 8.63. The normalized spacial score (nSPS) is 11.5. The van der Waals surface area contributed by atoms with Gasteiger partial charge in [0.1, 0.15) is 5.82 Å². The van der Waals surface area contributed by atoms with Crippen LogP contribution in [-0.4, -0.2) is 20.7 Å². The van der Waals surface area contributed by atoms with Gasteiger partial charge in [0, 0.05) is 11.4 Å². The Hall–Kier alpha value is -2.47. The smallest absolute Gasteiger partial charge is 0.231 e. The Balaban J connectivity index is 1.65. The van der Waals surface area contributed by atoms with E-state index in [1.165, 1.54) is 5.56 Å². The quantitative estimate of drug-likeness (QED) is 0.735. The molecule has 6 heteroatoms. The molecule has 0 bridgehead atoms. The molecule has 0 aliphatic heterocycles. The summed E-state index contributed by atoms with van der Waals surface area (Å²) in [6, 6.07) is 10.4. The van der Waals surface area contributed by atoms with Crippen LogP contribution in [0.2, 0.25) is 0 Å². The lowest BCUT2D eigenvalue weighted by molar-refractivity contribution is -0.115. The molecule has 0 saturated carbocycles. The van der Waals surface area contributed by atoms with Crippen LogP contribution in [0, 0.1) is 6.92 Å². The lowest BCUT2D eigenvalue weighted by atomic mass is 9.87. The van der Waals surface area contributed by atoms with Crippen molar-refractivity contribution in [3.8, 4) is 0 Å². The Morgan fingerprint density at radius 2 is 1.92 bits per heavy atom. The number of amides is 1. The number of nitrogens with one attached hydrogen (secondary N) is 1. The zero-order valence-electron chi connectivity index (χ0n) is 15.6. The third kappa shape index (κ3) is 4.58. The number of hydrogen-bond donors (Lipinski definition) is 1. The lowest BCUT2D eigenvalue weighted by Crippen LogP contribution is -2.18. The highest BCUT2D eigenvalue weighted by Gasteiger charge is 2.14. The number of carbonyl (C=O) groups excluding carboxylic acids is 1. The van der Waals surface area contributed by atoms with Crippen molar-refractivity contribution in [3.63, 3.8) is 0 Å². The number of hydrogen-bond acceptors (Lipinski definition) is 4. The van der Waals surface area contributed by atoms with Crippen LogP contribution in [0.25, 0.3) is 0 Å². The maximum absolute atomic E-state index is 12.3. The number of aromatic nitrogens is 3. The largest absolute Gasteiger partial charge is 0.311 e. The number of aryl methyl sites for hydroxylation is 1. The number of thiazole rings is 1. The first-order chi connectivity index (χ1) is 12.3. The average Bonchev–Trinajstić information content (AvgIpc) is 3.16. The molecule has 0 fully saturated rings. The molecule has 136 valence electrons. The summed E-state index contributed by atoms with van der Waals surface area (Å²) >= 11 is 1.55. The Morgan fingerprint density at radius 1 is 1.19 bits per heavy atom. The molecule has 1 aromatic carbocycles. The maximum atomic E-state index is 12.3. The number of benzene rings is 1. The van der Waals surface area contributed by atoms with Crippen LogP contribution < -0.4 is 5.32 Å². The second-order valence-corrected chi connectivity index (χ2v) is 8.47. The van der Waals surface area contributed by atoms with E-state index in [0.717, 1.165) is 16.3 Å². The molecule has 3 rings (SSSR count). The van der Waals surface area contributed by atoms with Crippen LogP contribution in [-0.2, 0) is 23.2 Å². The number of carbonyl (C=O) groups is 1. The highest BCUT2D eigenvalue weighted by Crippen LogP contribution is 2.22. The molecule has 2 heterocycles. The van der Waals surface area contributed by atoms with E-state index in [-0.39, 0.29) is 17.7 Å². The molecule has 0 radical (unpaired) electrons. The highest BCUT2D eigenvalue weighted by atomic mass is 32.1. The first-order valence-corrected chi connectivity index (χ1v) is 9.51. The standard InChI is InChI=1S/C20H24N4OS/c1-14-22-17(13-26-14)11-19(25)23-18-9-10-21-24(18)12-15-5-7-16(8-6-15)20(2,3)4/h5-10,13H,11-12H2,1-4H3,(H,23,25). The molecule has 0 aliphatic rings. The van der Waals surface area contributed by atoms with Gasteiger partial charge in [-0.15, -0.1) is 11.3 Å². The second-order valence-electron chi connectivity index (χ2n) is 7.40. The second kappa shape index (κ2) is 7.41. The van der Waals surface area contributed by atoms with E-state index in [2.05, 4.69) is 60.4 Å². The Kier molecular flexibility index (Phi) is 5.23. The topological polar surface area (TPSA) is 59.8 Å². The summed E-state index contributed by atoms with van der Waals surface area (Å²) in [6.45, 7) is 9.15. The van der Waals surface area contributed by atoms with Gasteiger partial charge in [-0.25, -0.2) is 9.67 Å². The van der Waals surface area contributed by atoms with Crippen LogP contribution in [0.1, 0.15) is 42.6 Å². The van der Waals surface area contributed by atoms with Gasteiger partial charge in [-0.1, -0.05) is 45.0 Å². The van der Waals surface area contributed by atoms with Crippen LogP contribution >= 0.6 is 11.3 Å². The van der Waals surface area contributed by atoms with Gasteiger partial charge in [0.25, 0.3) is 0 Å². The van der Waals surface area contributed by atoms with Crippen molar-refractivity contribution >= 4 is 23.1 Å². The SMILES string of the molecule is Cc1nc(CC(=O)Nc2ccnn2Cc2ccc(C(C)(C)C)cc2)cs1. The summed E-state index contributed by atoms with van der Waals surface area (Å²) in [7, 11) is 0. The van der Waals surface area contributed by atoms with Crippen molar-refractivity contribution in [2.45, 2.75) is 46.1 Å². The van der Waals surface area contributed by atoms with Crippen molar-refractivity contribution in [3.05, 3.63) is 63.7 Å². The number of anilines is 1. The third-order valence-electron chi connectivity index (χ3n) is 4.14. The van der Waals surface area contributed by atoms with Gasteiger partial charge in [0.15, 0.2) is 0 Å². The molecule has 1 N–H and O–H groups in total. The van der Waals surface area contributed by atoms with Gasteiger partial charge >= 0.3 is 0 Å².